The van der Waals surface area contributed by atoms with E-state index in [1.807, 2.05) is 0 Å². The molecule has 0 aliphatic heterocycles. The van der Waals surface area contributed by atoms with Crippen molar-refractivity contribution in [1.29, 1.82) is 0 Å². The lowest BCUT2D eigenvalue weighted by atomic mass is 10.2. The fourth-order valence-corrected chi connectivity index (χ4v) is 2.14. The Morgan fingerprint density at radius 2 is 2.00 bits per heavy atom. The number of likely N-dealkylation sites (N-methyl/N-ethyl adjacent to an activating group) is 1. The van der Waals surface area contributed by atoms with Gasteiger partial charge in [0.2, 0.25) is 0 Å². The lowest BCUT2D eigenvalue weighted by Gasteiger charge is -2.28. The van der Waals surface area contributed by atoms with E-state index in [1.165, 1.54) is 0 Å². The van der Waals surface area contributed by atoms with Gasteiger partial charge in [-0.25, -0.2) is 4.98 Å². The Labute approximate surface area is 121 Å². The maximum absolute atomic E-state index is 9.09. The molecule has 0 spiro atoms. The first-order chi connectivity index (χ1) is 8.93. The summed E-state index contributed by atoms with van der Waals surface area (Å²) in [7, 11) is 4.11. The summed E-state index contributed by atoms with van der Waals surface area (Å²) in [5.41, 5.74) is 0.742. The van der Waals surface area contributed by atoms with E-state index in [0.717, 1.165) is 31.0 Å². The molecule has 1 heterocycles. The molecule has 0 aromatic carbocycles. The number of hydrogen-bond donors (Lipinski definition) is 1. The van der Waals surface area contributed by atoms with Gasteiger partial charge >= 0.3 is 0 Å². The van der Waals surface area contributed by atoms with E-state index in [9.17, 15) is 0 Å². The minimum Gasteiger partial charge on any atom is -0.392 e. The van der Waals surface area contributed by atoms with Crippen molar-refractivity contribution in [2.24, 2.45) is 5.92 Å². The predicted molar refractivity (Wildman–Crippen MR) is 80.8 cm³/mol. The quantitative estimate of drug-likeness (QED) is 0.834. The molecule has 1 rings (SSSR count). The fourth-order valence-electron chi connectivity index (χ4n) is 1.83. The summed E-state index contributed by atoms with van der Waals surface area (Å²) in [4.78, 5) is 8.74. The molecule has 0 aliphatic rings. The molecule has 5 heteroatoms. The molecule has 19 heavy (non-hydrogen) atoms. The van der Waals surface area contributed by atoms with Gasteiger partial charge in [-0.05, 0) is 31.6 Å². The number of aromatic nitrogens is 1. The zero-order chi connectivity index (χ0) is 14.4. The van der Waals surface area contributed by atoms with Gasteiger partial charge in [0.1, 0.15) is 5.82 Å². The third-order valence-electron chi connectivity index (χ3n) is 2.76. The molecule has 1 N–H and O–H groups in total. The Morgan fingerprint density at radius 1 is 1.32 bits per heavy atom. The van der Waals surface area contributed by atoms with Crippen LogP contribution in [0.5, 0.6) is 0 Å². The molecular formula is C14H24ClN3O. The Bertz CT molecular complexity index is 396. The first-order valence-electron chi connectivity index (χ1n) is 6.59. The number of hydrogen-bond acceptors (Lipinski definition) is 4. The molecule has 0 unspecified atom stereocenters. The van der Waals surface area contributed by atoms with Crippen molar-refractivity contribution >= 4 is 17.4 Å². The molecule has 0 bridgehead atoms. The number of nitrogens with zero attached hydrogens (tertiary/aromatic N) is 3. The van der Waals surface area contributed by atoms with Crippen molar-refractivity contribution < 1.29 is 5.11 Å². The maximum Gasteiger partial charge on any atom is 0.147 e. The Morgan fingerprint density at radius 3 is 2.47 bits per heavy atom. The summed E-state index contributed by atoms with van der Waals surface area (Å²) in [6, 6.07) is 1.78. The van der Waals surface area contributed by atoms with Gasteiger partial charge in [-0.15, -0.1) is 0 Å². The van der Waals surface area contributed by atoms with Crippen LogP contribution in [0.25, 0.3) is 0 Å². The summed E-state index contributed by atoms with van der Waals surface area (Å²) in [5.74, 6) is 1.34. The highest BCUT2D eigenvalue weighted by molar-refractivity contribution is 6.33. The van der Waals surface area contributed by atoms with Gasteiger partial charge in [0.25, 0.3) is 0 Å². The Hall–Kier alpha value is -0.840. The molecule has 0 saturated heterocycles. The zero-order valence-corrected chi connectivity index (χ0v) is 13.0. The molecule has 0 amide bonds. The number of anilines is 1. The maximum atomic E-state index is 9.09. The zero-order valence-electron chi connectivity index (χ0n) is 12.2. The second-order valence-corrected chi connectivity index (χ2v) is 5.86. The molecular weight excluding hydrogens is 262 g/mol. The van der Waals surface area contributed by atoms with Gasteiger partial charge in [0.05, 0.1) is 11.6 Å². The van der Waals surface area contributed by atoms with Crippen LogP contribution >= 0.6 is 11.6 Å². The fraction of sp³-hybridized carbons (Fsp3) is 0.643. The van der Waals surface area contributed by atoms with E-state index < -0.39 is 0 Å². The van der Waals surface area contributed by atoms with Crippen LogP contribution in [0.15, 0.2) is 12.3 Å². The summed E-state index contributed by atoms with van der Waals surface area (Å²) >= 11 is 6.27. The number of aliphatic hydroxyl groups excluding tert-OH is 1. The summed E-state index contributed by atoms with van der Waals surface area (Å²) in [6.45, 7) is 7.08. The average Bonchev–Trinajstić information content (AvgIpc) is 2.34. The van der Waals surface area contributed by atoms with Crippen molar-refractivity contribution in [3.63, 3.8) is 0 Å². The highest BCUT2D eigenvalue weighted by Crippen LogP contribution is 2.24. The molecule has 0 aliphatic carbocycles. The van der Waals surface area contributed by atoms with Gasteiger partial charge in [-0.1, -0.05) is 25.4 Å². The third kappa shape index (κ3) is 5.35. The summed E-state index contributed by atoms with van der Waals surface area (Å²) < 4.78 is 0. The lowest BCUT2D eigenvalue weighted by molar-refractivity contribution is 0.281. The van der Waals surface area contributed by atoms with Gasteiger partial charge < -0.3 is 14.9 Å². The Kier molecular flexibility index (Phi) is 6.55. The van der Waals surface area contributed by atoms with E-state index >= 15 is 0 Å². The van der Waals surface area contributed by atoms with Crippen molar-refractivity contribution in [3.8, 4) is 0 Å². The highest BCUT2D eigenvalue weighted by atomic mass is 35.5. The van der Waals surface area contributed by atoms with Crippen molar-refractivity contribution in [1.82, 2.24) is 9.88 Å². The van der Waals surface area contributed by atoms with Gasteiger partial charge in [-0.2, -0.15) is 0 Å². The molecule has 108 valence electrons. The normalized spacial score (nSPS) is 11.4. The van der Waals surface area contributed by atoms with Gasteiger partial charge in [0, 0.05) is 25.8 Å². The minimum absolute atomic E-state index is 0.0329. The van der Waals surface area contributed by atoms with E-state index in [0.29, 0.717) is 10.9 Å². The van der Waals surface area contributed by atoms with Gasteiger partial charge in [-0.3, -0.25) is 0 Å². The predicted octanol–water partition coefficient (Wildman–Crippen LogP) is 2.25. The number of halogens is 1. The van der Waals surface area contributed by atoms with Gasteiger partial charge in [0.15, 0.2) is 0 Å². The minimum atomic E-state index is -0.0329. The van der Waals surface area contributed by atoms with Crippen LogP contribution in [-0.2, 0) is 6.61 Å². The standard InChI is InChI=1S/C14H24ClN3O/c1-11(2)9-18(6-5-17(3)4)14-13(15)7-12(10-19)8-16-14/h7-8,11,19H,5-6,9-10H2,1-4H3. The van der Waals surface area contributed by atoms with E-state index in [-0.39, 0.29) is 6.61 Å². The molecule has 1 aromatic rings. The SMILES string of the molecule is CC(C)CN(CCN(C)C)c1ncc(CO)cc1Cl. The molecule has 0 fully saturated rings. The molecule has 0 atom stereocenters. The highest BCUT2D eigenvalue weighted by Gasteiger charge is 2.14. The van der Waals surface area contributed by atoms with Crippen LogP contribution in [0.3, 0.4) is 0 Å². The van der Waals surface area contributed by atoms with Crippen molar-refractivity contribution in [3.05, 3.63) is 22.8 Å². The Balaban J connectivity index is 2.89. The van der Waals surface area contributed by atoms with Crippen LogP contribution in [0, 0.1) is 5.92 Å². The van der Waals surface area contributed by atoms with Crippen LogP contribution in [0.4, 0.5) is 5.82 Å². The molecule has 0 saturated carbocycles. The van der Waals surface area contributed by atoms with Crippen LogP contribution < -0.4 is 4.90 Å². The second-order valence-electron chi connectivity index (χ2n) is 5.45. The number of aliphatic hydroxyl groups is 1. The number of pyridine rings is 1. The van der Waals surface area contributed by atoms with E-state index in [2.05, 4.69) is 42.7 Å². The largest absolute Gasteiger partial charge is 0.392 e. The smallest absolute Gasteiger partial charge is 0.147 e. The first kappa shape index (κ1) is 16.2. The summed E-state index contributed by atoms with van der Waals surface area (Å²) in [6.07, 6.45) is 1.68. The van der Waals surface area contributed by atoms with Crippen molar-refractivity contribution in [2.75, 3.05) is 38.6 Å². The second kappa shape index (κ2) is 7.68. The number of rotatable bonds is 7. The van der Waals surface area contributed by atoms with Crippen LogP contribution in [-0.4, -0.2) is 48.7 Å². The topological polar surface area (TPSA) is 39.6 Å². The lowest BCUT2D eigenvalue weighted by Crippen LogP contribution is -2.35. The molecule has 0 radical (unpaired) electrons. The molecule has 4 nitrogen and oxygen atoms in total. The van der Waals surface area contributed by atoms with Crippen LogP contribution in [0.1, 0.15) is 19.4 Å². The van der Waals surface area contributed by atoms with Crippen molar-refractivity contribution in [2.45, 2.75) is 20.5 Å². The van der Waals surface area contributed by atoms with E-state index in [4.69, 9.17) is 16.7 Å². The van der Waals surface area contributed by atoms with Crippen LogP contribution in [0.2, 0.25) is 5.02 Å². The molecule has 1 aromatic heterocycles. The van der Waals surface area contributed by atoms with E-state index in [1.54, 1.807) is 12.3 Å². The average molecular weight is 286 g/mol. The summed E-state index contributed by atoms with van der Waals surface area (Å²) in [5, 5.41) is 9.70. The monoisotopic (exact) mass is 285 g/mol. The first-order valence-corrected chi connectivity index (χ1v) is 6.96. The third-order valence-corrected chi connectivity index (χ3v) is 3.04.